The van der Waals surface area contributed by atoms with Gasteiger partial charge < -0.3 is 5.32 Å². The second kappa shape index (κ2) is 11.0. The first-order chi connectivity index (χ1) is 18.6. The Hall–Kier alpha value is -3.43. The molecular weight excluding hydrogens is 526 g/mol. The lowest BCUT2D eigenvalue weighted by Crippen LogP contribution is -2.42. The molecule has 0 radical (unpaired) electrons. The number of fused-ring (bicyclic) bond motifs is 1. The maximum absolute atomic E-state index is 13.8. The van der Waals surface area contributed by atoms with E-state index >= 15 is 0 Å². The van der Waals surface area contributed by atoms with Crippen molar-refractivity contribution in [2.24, 2.45) is 0 Å². The molecule has 2 amide bonds. The van der Waals surface area contributed by atoms with E-state index in [0.717, 1.165) is 33.6 Å². The summed E-state index contributed by atoms with van der Waals surface area (Å²) in [5, 5.41) is 10.2. The van der Waals surface area contributed by atoms with E-state index in [2.05, 4.69) is 62.4 Å². The van der Waals surface area contributed by atoms with Gasteiger partial charge >= 0.3 is 0 Å². The normalized spacial score (nSPS) is 15.7. The van der Waals surface area contributed by atoms with Gasteiger partial charge in [-0.25, -0.2) is 4.68 Å². The number of hydrogen-bond donors (Lipinski definition) is 1. The fourth-order valence-corrected chi connectivity index (χ4v) is 6.95. The third-order valence-electron chi connectivity index (χ3n) is 6.92. The number of carbonyl (C=O) groups is 2. The molecular formula is C30H33N5O2S2. The van der Waals surface area contributed by atoms with E-state index < -0.39 is 0 Å². The molecule has 1 aliphatic heterocycles. The molecule has 0 fully saturated rings. The molecule has 3 aromatic heterocycles. The zero-order chi connectivity index (χ0) is 27.7. The smallest absolute Gasteiger partial charge is 0.240 e. The topological polar surface area (TPSA) is 80.1 Å². The lowest BCUT2D eigenvalue weighted by Gasteiger charge is -2.24. The van der Waals surface area contributed by atoms with Crippen molar-refractivity contribution < 1.29 is 9.59 Å². The van der Waals surface area contributed by atoms with Crippen LogP contribution in [0.2, 0.25) is 0 Å². The molecule has 0 bridgehead atoms. The number of thiophene rings is 1. The highest BCUT2D eigenvalue weighted by atomic mass is 32.2. The summed E-state index contributed by atoms with van der Waals surface area (Å²) in [6, 6.07) is 14.0. The number of pyridine rings is 1. The summed E-state index contributed by atoms with van der Waals surface area (Å²) in [7, 11) is 0. The van der Waals surface area contributed by atoms with Crippen LogP contribution in [0.5, 0.6) is 0 Å². The quantitative estimate of drug-likeness (QED) is 0.326. The molecule has 0 unspecified atom stereocenters. The fourth-order valence-electron chi connectivity index (χ4n) is 4.77. The molecule has 0 aliphatic carbocycles. The van der Waals surface area contributed by atoms with Crippen LogP contribution in [0, 0.1) is 13.8 Å². The Morgan fingerprint density at radius 3 is 2.64 bits per heavy atom. The van der Waals surface area contributed by atoms with E-state index in [-0.39, 0.29) is 34.8 Å². The van der Waals surface area contributed by atoms with Crippen molar-refractivity contribution in [3.63, 3.8) is 0 Å². The molecule has 1 atom stereocenters. The Balaban J connectivity index is 1.66. The molecule has 1 aliphatic rings. The summed E-state index contributed by atoms with van der Waals surface area (Å²) < 4.78 is 1.90. The Morgan fingerprint density at radius 1 is 1.13 bits per heavy atom. The van der Waals surface area contributed by atoms with Gasteiger partial charge in [-0.15, -0.1) is 23.1 Å². The standard InChI is InChI=1S/C30H33N5O2S2/c1-19-9-6-11-22(20(19)2)35-29-26(28(33-35)30(3,4)5)27(23-12-8-14-38-23)39-18-25(37)34(29)17-24(36)32-16-21-10-7-13-31-15-21/h6-15,27H,16-18H2,1-5H3,(H,32,36)/t27-/m0/s1. The number of nitrogens with zero attached hydrogens (tertiary/aromatic N) is 4. The van der Waals surface area contributed by atoms with Gasteiger partial charge in [0, 0.05) is 34.8 Å². The number of nitrogens with one attached hydrogen (secondary N) is 1. The number of rotatable bonds is 6. The Morgan fingerprint density at radius 2 is 1.95 bits per heavy atom. The van der Waals surface area contributed by atoms with Crippen LogP contribution in [0.1, 0.15) is 58.8 Å². The molecule has 1 N–H and O–H groups in total. The van der Waals surface area contributed by atoms with Crippen molar-refractivity contribution in [2.75, 3.05) is 17.2 Å². The van der Waals surface area contributed by atoms with Gasteiger partial charge in [0.05, 0.1) is 22.4 Å². The van der Waals surface area contributed by atoms with E-state index in [9.17, 15) is 9.59 Å². The fraction of sp³-hybridized carbons (Fsp3) is 0.333. The number of hydrogen-bond acceptors (Lipinski definition) is 6. The first-order valence-electron chi connectivity index (χ1n) is 13.0. The zero-order valence-electron chi connectivity index (χ0n) is 22.9. The van der Waals surface area contributed by atoms with E-state index in [1.54, 1.807) is 40.4 Å². The van der Waals surface area contributed by atoms with Crippen LogP contribution < -0.4 is 10.2 Å². The highest BCUT2D eigenvalue weighted by Gasteiger charge is 2.40. The molecule has 4 heterocycles. The van der Waals surface area contributed by atoms with Crippen molar-refractivity contribution in [3.8, 4) is 5.69 Å². The maximum atomic E-state index is 13.8. The van der Waals surface area contributed by atoms with Crippen LogP contribution in [-0.4, -0.2) is 38.9 Å². The minimum atomic E-state index is -0.287. The number of carbonyl (C=O) groups excluding carboxylic acids is 2. The Kier molecular flexibility index (Phi) is 7.64. The number of aromatic nitrogens is 3. The SMILES string of the molecule is Cc1cccc(-n2nc(C(C)(C)C)c3c2N(CC(=O)NCc2cccnc2)C(=O)CS[C@H]3c2cccs2)c1C. The van der Waals surface area contributed by atoms with Gasteiger partial charge in [0.25, 0.3) is 0 Å². The van der Waals surface area contributed by atoms with Crippen molar-refractivity contribution in [1.82, 2.24) is 20.1 Å². The van der Waals surface area contributed by atoms with Gasteiger partial charge in [-0.2, -0.15) is 5.10 Å². The largest absolute Gasteiger partial charge is 0.350 e. The number of thioether (sulfide) groups is 1. The third-order valence-corrected chi connectivity index (χ3v) is 9.24. The summed E-state index contributed by atoms with van der Waals surface area (Å²) >= 11 is 3.29. The van der Waals surface area contributed by atoms with Crippen LogP contribution in [-0.2, 0) is 21.5 Å². The lowest BCUT2D eigenvalue weighted by atomic mass is 9.88. The number of anilines is 1. The average molecular weight is 560 g/mol. The number of benzene rings is 1. The molecule has 9 heteroatoms. The second-order valence-electron chi connectivity index (χ2n) is 10.8. The molecule has 7 nitrogen and oxygen atoms in total. The predicted octanol–water partition coefficient (Wildman–Crippen LogP) is 5.73. The summed E-state index contributed by atoms with van der Waals surface area (Å²) in [6.45, 7) is 10.8. The first-order valence-corrected chi connectivity index (χ1v) is 14.9. The van der Waals surface area contributed by atoms with Gasteiger partial charge in [-0.3, -0.25) is 19.5 Å². The predicted molar refractivity (Wildman–Crippen MR) is 159 cm³/mol. The molecule has 5 rings (SSSR count). The lowest BCUT2D eigenvalue weighted by molar-refractivity contribution is -0.123. The van der Waals surface area contributed by atoms with Crippen LogP contribution in [0.3, 0.4) is 0 Å². The minimum absolute atomic E-state index is 0.0690. The van der Waals surface area contributed by atoms with Crippen molar-refractivity contribution in [2.45, 2.75) is 51.8 Å². The monoisotopic (exact) mass is 559 g/mol. The maximum Gasteiger partial charge on any atom is 0.240 e. The molecule has 4 aromatic rings. The Bertz CT molecular complexity index is 1490. The summed E-state index contributed by atoms with van der Waals surface area (Å²) in [5.74, 6) is 0.606. The van der Waals surface area contributed by atoms with Gasteiger partial charge in [-0.1, -0.05) is 45.0 Å². The van der Waals surface area contributed by atoms with E-state index in [0.29, 0.717) is 12.4 Å². The first kappa shape index (κ1) is 27.1. The highest BCUT2D eigenvalue weighted by molar-refractivity contribution is 8.00. The van der Waals surface area contributed by atoms with Crippen LogP contribution in [0.15, 0.2) is 60.2 Å². The van der Waals surface area contributed by atoms with E-state index in [1.165, 1.54) is 4.88 Å². The van der Waals surface area contributed by atoms with Gasteiger partial charge in [0.1, 0.15) is 12.4 Å². The average Bonchev–Trinajstić information content (AvgIpc) is 3.55. The van der Waals surface area contributed by atoms with E-state index in [4.69, 9.17) is 5.10 Å². The molecule has 0 spiro atoms. The van der Waals surface area contributed by atoms with Crippen LogP contribution >= 0.6 is 23.1 Å². The molecule has 202 valence electrons. The highest BCUT2D eigenvalue weighted by Crippen LogP contribution is 2.49. The summed E-state index contributed by atoms with van der Waals surface area (Å²) in [6.07, 6.45) is 3.43. The van der Waals surface area contributed by atoms with Gasteiger partial charge in [0.2, 0.25) is 11.8 Å². The Labute approximate surface area is 237 Å². The van der Waals surface area contributed by atoms with Crippen LogP contribution in [0.25, 0.3) is 5.69 Å². The number of aryl methyl sites for hydroxylation is 1. The summed E-state index contributed by atoms with van der Waals surface area (Å²) in [4.78, 5) is 34.0. The van der Waals surface area contributed by atoms with Crippen molar-refractivity contribution in [3.05, 3.63) is 93.1 Å². The third kappa shape index (κ3) is 5.51. The van der Waals surface area contributed by atoms with Gasteiger partial charge in [-0.05, 0) is 54.1 Å². The van der Waals surface area contributed by atoms with Crippen LogP contribution in [0.4, 0.5) is 5.82 Å². The van der Waals surface area contributed by atoms with E-state index in [1.807, 2.05) is 35.0 Å². The van der Waals surface area contributed by atoms with Crippen molar-refractivity contribution >= 4 is 40.7 Å². The van der Waals surface area contributed by atoms with Gasteiger partial charge in [0.15, 0.2) is 0 Å². The molecule has 0 saturated heterocycles. The molecule has 39 heavy (non-hydrogen) atoms. The van der Waals surface area contributed by atoms with Crippen molar-refractivity contribution in [1.29, 1.82) is 0 Å². The zero-order valence-corrected chi connectivity index (χ0v) is 24.5. The molecule has 0 saturated carbocycles. The number of amides is 2. The molecule has 1 aromatic carbocycles. The summed E-state index contributed by atoms with van der Waals surface area (Å²) in [5.41, 5.74) is 5.68. The minimum Gasteiger partial charge on any atom is -0.350 e. The second-order valence-corrected chi connectivity index (χ2v) is 12.9.